The minimum Gasteiger partial charge on any atom is -0.490 e. The largest absolute Gasteiger partial charge is 0.490 e. The number of aliphatic imine (C=N–C) groups is 1. The first kappa shape index (κ1) is 17.1. The number of guanidine groups is 1. The molecule has 0 bridgehead atoms. The van der Waals surface area contributed by atoms with Crippen LogP contribution in [-0.4, -0.2) is 24.2 Å². The fourth-order valence-corrected chi connectivity index (χ4v) is 2.71. The van der Waals surface area contributed by atoms with Crippen molar-refractivity contribution in [3.05, 3.63) is 48.3 Å². The lowest BCUT2D eigenvalue weighted by atomic mass is 10.1. The highest BCUT2D eigenvalue weighted by molar-refractivity contribution is 5.92. The van der Waals surface area contributed by atoms with E-state index in [1.807, 2.05) is 36.4 Å². The van der Waals surface area contributed by atoms with Crippen LogP contribution in [0.25, 0.3) is 0 Å². The SMILES string of the molecule is CCC[C@H](N=C(N)Nc1ccc2c(c1)OCCCO2)c1ccccn1. The average Bonchev–Trinajstić information content (AvgIpc) is 2.87. The van der Waals surface area contributed by atoms with E-state index in [2.05, 4.69) is 22.2 Å². The molecule has 3 rings (SSSR count). The van der Waals surface area contributed by atoms with E-state index in [1.54, 1.807) is 6.20 Å². The molecule has 1 atom stereocenters. The number of benzene rings is 1. The van der Waals surface area contributed by atoms with Gasteiger partial charge < -0.3 is 20.5 Å². The predicted octanol–water partition coefficient (Wildman–Crippen LogP) is 3.51. The molecule has 2 aromatic rings. The topological polar surface area (TPSA) is 81.8 Å². The first-order valence-corrected chi connectivity index (χ1v) is 8.67. The second kappa shape index (κ2) is 8.37. The molecule has 3 N–H and O–H groups in total. The van der Waals surface area contributed by atoms with Crippen molar-refractivity contribution in [2.24, 2.45) is 10.7 Å². The zero-order chi connectivity index (χ0) is 17.5. The summed E-state index contributed by atoms with van der Waals surface area (Å²) in [4.78, 5) is 9.01. The number of nitrogens with one attached hydrogen (secondary N) is 1. The predicted molar refractivity (Wildman–Crippen MR) is 99.2 cm³/mol. The number of anilines is 1. The van der Waals surface area contributed by atoms with E-state index in [9.17, 15) is 0 Å². The van der Waals surface area contributed by atoms with E-state index in [1.165, 1.54) is 0 Å². The highest BCUT2D eigenvalue weighted by Gasteiger charge is 2.13. The van der Waals surface area contributed by atoms with Crippen LogP contribution in [-0.2, 0) is 0 Å². The highest BCUT2D eigenvalue weighted by Crippen LogP contribution is 2.32. The van der Waals surface area contributed by atoms with Gasteiger partial charge in [0.2, 0.25) is 0 Å². The smallest absolute Gasteiger partial charge is 0.193 e. The number of fused-ring (bicyclic) bond motifs is 1. The Bertz CT molecular complexity index is 719. The van der Waals surface area contributed by atoms with Crippen molar-refractivity contribution < 1.29 is 9.47 Å². The summed E-state index contributed by atoms with van der Waals surface area (Å²) in [5.41, 5.74) is 7.87. The van der Waals surface area contributed by atoms with E-state index in [0.717, 1.165) is 42.1 Å². The van der Waals surface area contributed by atoms with Crippen molar-refractivity contribution >= 4 is 11.6 Å². The van der Waals surface area contributed by atoms with Crippen molar-refractivity contribution in [3.63, 3.8) is 0 Å². The zero-order valence-electron chi connectivity index (χ0n) is 14.4. The maximum atomic E-state index is 6.12. The van der Waals surface area contributed by atoms with Gasteiger partial charge in [0.15, 0.2) is 17.5 Å². The monoisotopic (exact) mass is 340 g/mol. The summed E-state index contributed by atoms with van der Waals surface area (Å²) in [6.07, 6.45) is 4.55. The number of hydrogen-bond acceptors (Lipinski definition) is 4. The van der Waals surface area contributed by atoms with Crippen LogP contribution in [0.5, 0.6) is 11.5 Å². The third kappa shape index (κ3) is 4.62. The van der Waals surface area contributed by atoms with E-state index >= 15 is 0 Å². The fourth-order valence-electron chi connectivity index (χ4n) is 2.71. The average molecular weight is 340 g/mol. The van der Waals surface area contributed by atoms with Crippen molar-refractivity contribution in [2.75, 3.05) is 18.5 Å². The number of pyridine rings is 1. The Hall–Kier alpha value is -2.76. The van der Waals surface area contributed by atoms with Crippen LogP contribution < -0.4 is 20.5 Å². The van der Waals surface area contributed by atoms with Crippen LogP contribution in [0.3, 0.4) is 0 Å². The minimum atomic E-state index is -0.0564. The maximum Gasteiger partial charge on any atom is 0.193 e. The van der Waals surface area contributed by atoms with Gasteiger partial charge in [-0.25, -0.2) is 4.99 Å². The second-order valence-corrected chi connectivity index (χ2v) is 5.91. The molecule has 0 aliphatic carbocycles. The van der Waals surface area contributed by atoms with Gasteiger partial charge in [-0.1, -0.05) is 19.4 Å². The summed E-state index contributed by atoms with van der Waals surface area (Å²) in [5.74, 6) is 1.85. The standard InChI is InChI=1S/C19H24N4O2/c1-2-6-16(15-7-3-4-10-21-15)23-19(20)22-14-8-9-17-18(13-14)25-12-5-11-24-17/h3-4,7-10,13,16H,2,5-6,11-12H2,1H3,(H3,20,22,23)/t16-/m0/s1. The summed E-state index contributed by atoms with van der Waals surface area (Å²) in [5, 5.41) is 3.14. The van der Waals surface area contributed by atoms with Crippen molar-refractivity contribution in [1.82, 2.24) is 4.98 Å². The third-order valence-corrected chi connectivity index (χ3v) is 3.91. The molecule has 0 unspecified atom stereocenters. The van der Waals surface area contributed by atoms with Crippen LogP contribution in [0, 0.1) is 0 Å². The normalized spacial score (nSPS) is 15.3. The van der Waals surface area contributed by atoms with Gasteiger partial charge in [0.1, 0.15) is 0 Å². The Morgan fingerprint density at radius 1 is 1.24 bits per heavy atom. The van der Waals surface area contributed by atoms with Gasteiger partial charge >= 0.3 is 0 Å². The number of nitrogens with zero attached hydrogens (tertiary/aromatic N) is 2. The van der Waals surface area contributed by atoms with Crippen LogP contribution in [0.2, 0.25) is 0 Å². The zero-order valence-corrected chi connectivity index (χ0v) is 14.4. The molecule has 1 aromatic carbocycles. The maximum absolute atomic E-state index is 6.12. The number of rotatable bonds is 5. The highest BCUT2D eigenvalue weighted by atomic mass is 16.5. The van der Waals surface area contributed by atoms with E-state index < -0.39 is 0 Å². The minimum absolute atomic E-state index is 0.0564. The van der Waals surface area contributed by atoms with E-state index in [4.69, 9.17) is 15.2 Å². The molecular formula is C19H24N4O2. The molecule has 1 aromatic heterocycles. The molecule has 0 fully saturated rings. The lowest BCUT2D eigenvalue weighted by Gasteiger charge is -2.14. The molecule has 6 heteroatoms. The second-order valence-electron chi connectivity index (χ2n) is 5.91. The van der Waals surface area contributed by atoms with Gasteiger partial charge in [-0.2, -0.15) is 0 Å². The molecule has 132 valence electrons. The summed E-state index contributed by atoms with van der Waals surface area (Å²) < 4.78 is 11.3. The van der Waals surface area contributed by atoms with E-state index in [-0.39, 0.29) is 6.04 Å². The van der Waals surface area contributed by atoms with Crippen molar-refractivity contribution in [1.29, 1.82) is 0 Å². The molecule has 0 amide bonds. The van der Waals surface area contributed by atoms with Crippen LogP contribution in [0.4, 0.5) is 5.69 Å². The fraction of sp³-hybridized carbons (Fsp3) is 0.368. The number of hydrogen-bond donors (Lipinski definition) is 2. The third-order valence-electron chi connectivity index (χ3n) is 3.91. The summed E-state index contributed by atoms with van der Waals surface area (Å²) >= 11 is 0. The lowest BCUT2D eigenvalue weighted by molar-refractivity contribution is 0.297. The number of ether oxygens (including phenoxy) is 2. The first-order valence-electron chi connectivity index (χ1n) is 8.67. The Balaban J connectivity index is 1.74. The summed E-state index contributed by atoms with van der Waals surface area (Å²) in [6.45, 7) is 3.45. The quantitative estimate of drug-likeness (QED) is 0.643. The van der Waals surface area contributed by atoms with Gasteiger partial charge in [-0.3, -0.25) is 4.98 Å². The van der Waals surface area contributed by atoms with Crippen LogP contribution in [0.15, 0.2) is 47.6 Å². The van der Waals surface area contributed by atoms with Gasteiger partial charge in [-0.15, -0.1) is 0 Å². The summed E-state index contributed by atoms with van der Waals surface area (Å²) in [6, 6.07) is 11.5. The van der Waals surface area contributed by atoms with E-state index in [0.29, 0.717) is 19.2 Å². The van der Waals surface area contributed by atoms with Crippen LogP contribution in [0.1, 0.15) is 37.9 Å². The molecule has 2 heterocycles. The molecule has 25 heavy (non-hydrogen) atoms. The lowest BCUT2D eigenvalue weighted by Crippen LogP contribution is -2.23. The molecule has 1 aliphatic heterocycles. The number of aromatic nitrogens is 1. The first-order chi connectivity index (χ1) is 12.3. The Morgan fingerprint density at radius 2 is 2.08 bits per heavy atom. The van der Waals surface area contributed by atoms with Gasteiger partial charge in [0.05, 0.1) is 24.9 Å². The molecule has 1 aliphatic rings. The molecular weight excluding hydrogens is 316 g/mol. The van der Waals surface area contributed by atoms with Crippen molar-refractivity contribution in [2.45, 2.75) is 32.2 Å². The Kier molecular flexibility index (Phi) is 5.72. The molecule has 0 radical (unpaired) electrons. The Labute approximate surface area is 148 Å². The molecule has 0 spiro atoms. The Morgan fingerprint density at radius 3 is 2.84 bits per heavy atom. The van der Waals surface area contributed by atoms with Gasteiger partial charge in [-0.05, 0) is 30.7 Å². The molecule has 0 saturated carbocycles. The van der Waals surface area contributed by atoms with Crippen LogP contribution >= 0.6 is 0 Å². The molecule has 0 saturated heterocycles. The van der Waals surface area contributed by atoms with Crippen molar-refractivity contribution in [3.8, 4) is 11.5 Å². The van der Waals surface area contributed by atoms with Gasteiger partial charge in [0.25, 0.3) is 0 Å². The number of nitrogens with two attached hydrogens (primary N) is 1. The summed E-state index contributed by atoms with van der Waals surface area (Å²) in [7, 11) is 0. The molecule has 6 nitrogen and oxygen atoms in total. The van der Waals surface area contributed by atoms with Gasteiger partial charge in [0, 0.05) is 24.4 Å².